The Morgan fingerprint density at radius 2 is 1.92 bits per heavy atom. The molecule has 0 aliphatic carbocycles. The van der Waals surface area contributed by atoms with Gasteiger partial charge in [0.2, 0.25) is 5.95 Å². The van der Waals surface area contributed by atoms with Crippen LogP contribution in [0, 0.1) is 0 Å². The molecule has 128 valence electrons. The van der Waals surface area contributed by atoms with E-state index in [0.717, 1.165) is 16.9 Å². The molecule has 6 nitrogen and oxygen atoms in total. The van der Waals surface area contributed by atoms with Gasteiger partial charge in [-0.2, -0.15) is 0 Å². The number of anilines is 3. The van der Waals surface area contributed by atoms with Crippen molar-refractivity contribution in [2.45, 2.75) is 6.42 Å². The summed E-state index contributed by atoms with van der Waals surface area (Å²) in [7, 11) is 0. The van der Waals surface area contributed by atoms with E-state index in [1.807, 2.05) is 42.5 Å². The van der Waals surface area contributed by atoms with Crippen molar-refractivity contribution in [2.24, 2.45) is 0 Å². The standard InChI is InChI=1S/C18H18ClN5O/c19-14-3-1-4-15(12-14)23-17-11-13(5-8-20-17)16-6-9-22-18(24-16)21-7-2-10-25/h1,3-6,8-9,11-12,25H,2,7,10H2,(H,20,23)(H,21,22,24). The summed E-state index contributed by atoms with van der Waals surface area (Å²) in [5.41, 5.74) is 2.58. The van der Waals surface area contributed by atoms with E-state index in [9.17, 15) is 0 Å². The van der Waals surface area contributed by atoms with Gasteiger partial charge >= 0.3 is 0 Å². The van der Waals surface area contributed by atoms with Crippen LogP contribution in [0.2, 0.25) is 5.02 Å². The fraction of sp³-hybridized carbons (Fsp3) is 0.167. The number of rotatable bonds is 7. The molecule has 0 spiro atoms. The minimum atomic E-state index is 0.135. The van der Waals surface area contributed by atoms with Gasteiger partial charge in [-0.1, -0.05) is 17.7 Å². The van der Waals surface area contributed by atoms with E-state index in [1.165, 1.54) is 0 Å². The molecule has 0 amide bonds. The second-order valence-corrected chi connectivity index (χ2v) is 5.77. The molecule has 0 fully saturated rings. The molecule has 3 aromatic rings. The Balaban J connectivity index is 1.78. The Labute approximate surface area is 150 Å². The number of aliphatic hydroxyl groups excluding tert-OH is 1. The Morgan fingerprint density at radius 1 is 1.04 bits per heavy atom. The molecule has 0 aliphatic rings. The molecular formula is C18H18ClN5O. The Morgan fingerprint density at radius 3 is 2.76 bits per heavy atom. The van der Waals surface area contributed by atoms with Crippen LogP contribution in [0.3, 0.4) is 0 Å². The summed E-state index contributed by atoms with van der Waals surface area (Å²) in [5, 5.41) is 15.8. The predicted molar refractivity (Wildman–Crippen MR) is 100 cm³/mol. The minimum absolute atomic E-state index is 0.135. The third kappa shape index (κ3) is 4.89. The molecule has 0 aliphatic heterocycles. The summed E-state index contributed by atoms with van der Waals surface area (Å²) in [6.07, 6.45) is 4.08. The van der Waals surface area contributed by atoms with E-state index < -0.39 is 0 Å². The summed E-state index contributed by atoms with van der Waals surface area (Å²) in [4.78, 5) is 13.0. The van der Waals surface area contributed by atoms with Gasteiger partial charge in [0.05, 0.1) is 5.69 Å². The fourth-order valence-electron chi connectivity index (χ4n) is 2.26. The maximum absolute atomic E-state index is 8.84. The third-order valence-electron chi connectivity index (χ3n) is 3.43. The normalized spacial score (nSPS) is 10.5. The maximum atomic E-state index is 8.84. The monoisotopic (exact) mass is 355 g/mol. The van der Waals surface area contributed by atoms with Crippen LogP contribution in [0.1, 0.15) is 6.42 Å². The molecule has 3 rings (SSSR count). The van der Waals surface area contributed by atoms with Gasteiger partial charge in [0, 0.05) is 41.8 Å². The van der Waals surface area contributed by atoms with Crippen LogP contribution >= 0.6 is 11.6 Å². The van der Waals surface area contributed by atoms with Gasteiger partial charge in [0.25, 0.3) is 0 Å². The van der Waals surface area contributed by atoms with Gasteiger partial charge in [0.15, 0.2) is 0 Å². The molecule has 2 heterocycles. The highest BCUT2D eigenvalue weighted by Crippen LogP contribution is 2.23. The van der Waals surface area contributed by atoms with Crippen LogP contribution < -0.4 is 10.6 Å². The minimum Gasteiger partial charge on any atom is -0.396 e. The van der Waals surface area contributed by atoms with Crippen molar-refractivity contribution >= 4 is 29.1 Å². The van der Waals surface area contributed by atoms with E-state index in [-0.39, 0.29) is 6.61 Å². The number of hydrogen-bond donors (Lipinski definition) is 3. The summed E-state index contributed by atoms with van der Waals surface area (Å²) in [6.45, 7) is 0.757. The molecule has 0 saturated heterocycles. The largest absolute Gasteiger partial charge is 0.396 e. The van der Waals surface area contributed by atoms with Crippen LogP contribution in [-0.2, 0) is 0 Å². The molecule has 2 aromatic heterocycles. The number of halogens is 1. The lowest BCUT2D eigenvalue weighted by Gasteiger charge is -2.09. The van der Waals surface area contributed by atoms with Gasteiger partial charge in [0.1, 0.15) is 5.82 Å². The van der Waals surface area contributed by atoms with Gasteiger partial charge in [-0.25, -0.2) is 15.0 Å². The van der Waals surface area contributed by atoms with Crippen molar-refractivity contribution in [1.82, 2.24) is 15.0 Å². The van der Waals surface area contributed by atoms with Gasteiger partial charge in [-0.15, -0.1) is 0 Å². The number of benzene rings is 1. The van der Waals surface area contributed by atoms with Crippen molar-refractivity contribution in [3.63, 3.8) is 0 Å². The molecule has 0 atom stereocenters. The van der Waals surface area contributed by atoms with E-state index >= 15 is 0 Å². The summed E-state index contributed by atoms with van der Waals surface area (Å²) in [6, 6.07) is 13.1. The molecule has 0 bridgehead atoms. The van der Waals surface area contributed by atoms with E-state index in [2.05, 4.69) is 25.6 Å². The summed E-state index contributed by atoms with van der Waals surface area (Å²) >= 11 is 6.01. The second kappa shape index (κ2) is 8.41. The topological polar surface area (TPSA) is 83.0 Å². The first-order valence-electron chi connectivity index (χ1n) is 7.91. The Bertz CT molecular complexity index is 843. The quantitative estimate of drug-likeness (QED) is 0.560. The molecule has 7 heteroatoms. The first-order chi connectivity index (χ1) is 12.2. The molecule has 0 radical (unpaired) electrons. The second-order valence-electron chi connectivity index (χ2n) is 5.33. The molecular weight excluding hydrogens is 338 g/mol. The number of pyridine rings is 1. The zero-order chi connectivity index (χ0) is 17.5. The average Bonchev–Trinajstić information content (AvgIpc) is 2.63. The lowest BCUT2D eigenvalue weighted by atomic mass is 10.2. The molecule has 0 unspecified atom stereocenters. The highest BCUT2D eigenvalue weighted by atomic mass is 35.5. The summed E-state index contributed by atoms with van der Waals surface area (Å²) < 4.78 is 0. The van der Waals surface area contributed by atoms with Crippen molar-refractivity contribution < 1.29 is 5.11 Å². The van der Waals surface area contributed by atoms with Gasteiger partial charge in [-0.3, -0.25) is 0 Å². The van der Waals surface area contributed by atoms with Crippen LogP contribution in [0.25, 0.3) is 11.3 Å². The maximum Gasteiger partial charge on any atom is 0.223 e. The van der Waals surface area contributed by atoms with Crippen LogP contribution in [0.4, 0.5) is 17.5 Å². The number of nitrogens with one attached hydrogen (secondary N) is 2. The third-order valence-corrected chi connectivity index (χ3v) is 3.66. The van der Waals surface area contributed by atoms with Crippen molar-refractivity contribution in [1.29, 1.82) is 0 Å². The number of hydrogen-bond acceptors (Lipinski definition) is 6. The van der Waals surface area contributed by atoms with Crippen LogP contribution in [0.15, 0.2) is 54.9 Å². The zero-order valence-corrected chi connectivity index (χ0v) is 14.2. The van der Waals surface area contributed by atoms with E-state index in [4.69, 9.17) is 16.7 Å². The Hall–Kier alpha value is -2.70. The van der Waals surface area contributed by atoms with Crippen LogP contribution in [0.5, 0.6) is 0 Å². The first kappa shape index (κ1) is 17.1. The van der Waals surface area contributed by atoms with Crippen molar-refractivity contribution in [3.05, 3.63) is 59.9 Å². The first-order valence-corrected chi connectivity index (χ1v) is 8.29. The molecule has 1 aromatic carbocycles. The van der Waals surface area contributed by atoms with E-state index in [0.29, 0.717) is 29.8 Å². The van der Waals surface area contributed by atoms with Crippen molar-refractivity contribution in [2.75, 3.05) is 23.8 Å². The van der Waals surface area contributed by atoms with Gasteiger partial charge < -0.3 is 15.7 Å². The molecule has 3 N–H and O–H groups in total. The van der Waals surface area contributed by atoms with Crippen molar-refractivity contribution in [3.8, 4) is 11.3 Å². The van der Waals surface area contributed by atoms with E-state index in [1.54, 1.807) is 12.4 Å². The Kier molecular flexibility index (Phi) is 5.77. The highest BCUT2D eigenvalue weighted by Gasteiger charge is 2.05. The fourth-order valence-corrected chi connectivity index (χ4v) is 2.45. The predicted octanol–water partition coefficient (Wildman–Crippen LogP) is 3.73. The molecule has 0 saturated carbocycles. The lowest BCUT2D eigenvalue weighted by Crippen LogP contribution is -2.07. The number of aliphatic hydroxyl groups is 1. The van der Waals surface area contributed by atoms with Crippen LogP contribution in [-0.4, -0.2) is 33.2 Å². The SMILES string of the molecule is OCCCNc1nccc(-c2ccnc(Nc3cccc(Cl)c3)c2)n1. The number of nitrogens with zero attached hydrogens (tertiary/aromatic N) is 3. The molecule has 25 heavy (non-hydrogen) atoms. The number of aromatic nitrogens is 3. The van der Waals surface area contributed by atoms with Gasteiger partial charge in [-0.05, 0) is 42.8 Å². The lowest BCUT2D eigenvalue weighted by molar-refractivity contribution is 0.292. The highest BCUT2D eigenvalue weighted by molar-refractivity contribution is 6.30. The summed E-state index contributed by atoms with van der Waals surface area (Å²) in [5.74, 6) is 1.24. The zero-order valence-electron chi connectivity index (χ0n) is 13.5. The average molecular weight is 356 g/mol. The smallest absolute Gasteiger partial charge is 0.223 e.